The third-order valence-electron chi connectivity index (χ3n) is 5.45. The maximum absolute atomic E-state index is 12.3. The molecular weight excluding hydrogens is 348 g/mol. The van der Waals surface area contributed by atoms with E-state index < -0.39 is 11.9 Å². The van der Waals surface area contributed by atoms with Crippen molar-refractivity contribution in [2.45, 2.75) is 38.5 Å². The van der Waals surface area contributed by atoms with Crippen LogP contribution < -0.4 is 5.32 Å². The first-order valence-corrected chi connectivity index (χ1v) is 9.43. The van der Waals surface area contributed by atoms with Gasteiger partial charge in [0.05, 0.1) is 17.0 Å². The highest BCUT2D eigenvalue weighted by Crippen LogP contribution is 2.29. The molecule has 144 valence electrons. The number of rotatable bonds is 7. The highest BCUT2D eigenvalue weighted by atomic mass is 16.4. The number of imide groups is 1. The van der Waals surface area contributed by atoms with Gasteiger partial charge in [-0.05, 0) is 37.3 Å². The molecule has 2 N–H and O–H groups in total. The van der Waals surface area contributed by atoms with Gasteiger partial charge in [0.1, 0.15) is 0 Å². The summed E-state index contributed by atoms with van der Waals surface area (Å²) in [6, 6.07) is 6.70. The Kier molecular flexibility index (Phi) is 5.88. The number of fused-ring (bicyclic) bond motifs is 1. The first-order chi connectivity index (χ1) is 13.0. The molecule has 0 aromatic heterocycles. The molecule has 27 heavy (non-hydrogen) atoms. The van der Waals surface area contributed by atoms with Gasteiger partial charge in [-0.25, -0.2) is 0 Å². The van der Waals surface area contributed by atoms with Crippen LogP contribution in [0.3, 0.4) is 0 Å². The molecule has 3 rings (SSSR count). The lowest BCUT2D eigenvalue weighted by molar-refractivity contribution is -0.145. The van der Waals surface area contributed by atoms with E-state index in [1.165, 1.54) is 4.90 Å². The molecule has 7 heteroatoms. The SMILES string of the molecule is O=C(CCCN1C(=O)c2ccccc2C1=O)NC[C@@H]1CCCC[C@@H]1C(=O)O. The largest absolute Gasteiger partial charge is 0.481 e. The Morgan fingerprint density at radius 2 is 1.70 bits per heavy atom. The molecule has 3 amide bonds. The van der Waals surface area contributed by atoms with Crippen molar-refractivity contribution in [3.05, 3.63) is 35.4 Å². The summed E-state index contributed by atoms with van der Waals surface area (Å²) in [5.41, 5.74) is 0.813. The second-order valence-electron chi connectivity index (χ2n) is 7.20. The van der Waals surface area contributed by atoms with E-state index in [4.69, 9.17) is 0 Å². The number of hydrogen-bond donors (Lipinski definition) is 2. The van der Waals surface area contributed by atoms with Crippen LogP contribution in [0.4, 0.5) is 0 Å². The fourth-order valence-corrected chi connectivity index (χ4v) is 3.95. The van der Waals surface area contributed by atoms with Crippen LogP contribution in [0.5, 0.6) is 0 Å². The smallest absolute Gasteiger partial charge is 0.306 e. The number of carboxylic acid groups (broad SMARTS) is 1. The normalized spacial score (nSPS) is 21.9. The van der Waals surface area contributed by atoms with Crippen molar-refractivity contribution in [2.24, 2.45) is 11.8 Å². The topological polar surface area (TPSA) is 104 Å². The van der Waals surface area contributed by atoms with Gasteiger partial charge in [-0.2, -0.15) is 0 Å². The van der Waals surface area contributed by atoms with Gasteiger partial charge in [-0.15, -0.1) is 0 Å². The van der Waals surface area contributed by atoms with E-state index in [0.717, 1.165) is 19.3 Å². The Labute approximate surface area is 157 Å². The summed E-state index contributed by atoms with van der Waals surface area (Å²) in [6.45, 7) is 0.559. The van der Waals surface area contributed by atoms with Crippen molar-refractivity contribution >= 4 is 23.7 Å². The predicted molar refractivity (Wildman–Crippen MR) is 97.1 cm³/mol. The summed E-state index contributed by atoms with van der Waals surface area (Å²) >= 11 is 0. The number of amides is 3. The molecule has 0 radical (unpaired) electrons. The van der Waals surface area contributed by atoms with Gasteiger partial charge in [0, 0.05) is 19.5 Å². The van der Waals surface area contributed by atoms with Crippen molar-refractivity contribution in [1.82, 2.24) is 10.2 Å². The molecule has 2 atom stereocenters. The second-order valence-corrected chi connectivity index (χ2v) is 7.20. The fourth-order valence-electron chi connectivity index (χ4n) is 3.95. The summed E-state index contributed by atoms with van der Waals surface area (Å²) in [4.78, 5) is 49.1. The van der Waals surface area contributed by atoms with Gasteiger partial charge in [0.15, 0.2) is 0 Å². The van der Waals surface area contributed by atoms with Crippen LogP contribution in [0.1, 0.15) is 59.2 Å². The van der Waals surface area contributed by atoms with E-state index in [-0.39, 0.29) is 36.6 Å². The zero-order valence-corrected chi connectivity index (χ0v) is 15.1. The zero-order chi connectivity index (χ0) is 19.4. The minimum Gasteiger partial charge on any atom is -0.481 e. The van der Waals surface area contributed by atoms with Gasteiger partial charge in [-0.3, -0.25) is 24.1 Å². The molecule has 1 aliphatic heterocycles. The van der Waals surface area contributed by atoms with Crippen LogP contribution in [0.15, 0.2) is 24.3 Å². The number of nitrogens with zero attached hydrogens (tertiary/aromatic N) is 1. The van der Waals surface area contributed by atoms with E-state index in [1.54, 1.807) is 24.3 Å². The van der Waals surface area contributed by atoms with Crippen molar-refractivity contribution in [3.8, 4) is 0 Å². The Morgan fingerprint density at radius 3 is 2.33 bits per heavy atom. The number of aliphatic carboxylic acids is 1. The van der Waals surface area contributed by atoms with Crippen molar-refractivity contribution in [2.75, 3.05) is 13.1 Å². The molecule has 0 unspecified atom stereocenters. The summed E-state index contributed by atoms with van der Waals surface area (Å²) in [5, 5.41) is 12.1. The molecule has 1 aromatic carbocycles. The standard InChI is InChI=1S/C20H24N2O5/c23-17(21-12-13-6-1-2-7-14(13)20(26)27)10-5-11-22-18(24)15-8-3-4-9-16(15)19(22)25/h3-4,8-9,13-14H,1-2,5-7,10-12H2,(H,21,23)(H,26,27)/t13-,14-/m0/s1. The lowest BCUT2D eigenvalue weighted by Gasteiger charge is -2.28. The highest BCUT2D eigenvalue weighted by Gasteiger charge is 2.34. The van der Waals surface area contributed by atoms with E-state index >= 15 is 0 Å². The summed E-state index contributed by atoms with van der Waals surface area (Å²) in [6.07, 6.45) is 3.95. The molecule has 7 nitrogen and oxygen atoms in total. The van der Waals surface area contributed by atoms with Crippen molar-refractivity contribution in [1.29, 1.82) is 0 Å². The lowest BCUT2D eigenvalue weighted by atomic mass is 9.79. The lowest BCUT2D eigenvalue weighted by Crippen LogP contribution is -2.37. The molecule has 1 heterocycles. The molecule has 0 bridgehead atoms. The van der Waals surface area contributed by atoms with Crippen LogP contribution >= 0.6 is 0 Å². The monoisotopic (exact) mass is 372 g/mol. The maximum atomic E-state index is 12.3. The predicted octanol–water partition coefficient (Wildman–Crippen LogP) is 2.07. The fraction of sp³-hybridized carbons (Fsp3) is 0.500. The van der Waals surface area contributed by atoms with Crippen LogP contribution in [-0.4, -0.2) is 46.8 Å². The number of carbonyl (C=O) groups is 4. The average Bonchev–Trinajstić information content (AvgIpc) is 2.91. The molecule has 1 aromatic rings. The minimum atomic E-state index is -0.792. The summed E-state index contributed by atoms with van der Waals surface area (Å²) in [7, 11) is 0. The van der Waals surface area contributed by atoms with E-state index in [1.807, 2.05) is 0 Å². The highest BCUT2D eigenvalue weighted by molar-refractivity contribution is 6.21. The Hall–Kier alpha value is -2.70. The third kappa shape index (κ3) is 4.18. The van der Waals surface area contributed by atoms with Crippen molar-refractivity contribution < 1.29 is 24.3 Å². The summed E-state index contributed by atoms with van der Waals surface area (Å²) < 4.78 is 0. The molecular formula is C20H24N2O5. The summed E-state index contributed by atoms with van der Waals surface area (Å²) in [5.74, 6) is -2.03. The first kappa shape index (κ1) is 19.1. The molecule has 0 spiro atoms. The Morgan fingerprint density at radius 1 is 1.07 bits per heavy atom. The van der Waals surface area contributed by atoms with Crippen LogP contribution in [0.2, 0.25) is 0 Å². The average molecular weight is 372 g/mol. The molecule has 1 aliphatic carbocycles. The maximum Gasteiger partial charge on any atom is 0.306 e. The number of carboxylic acids is 1. The Balaban J connectivity index is 1.43. The molecule has 0 saturated heterocycles. The second kappa shape index (κ2) is 8.33. The first-order valence-electron chi connectivity index (χ1n) is 9.43. The van der Waals surface area contributed by atoms with Gasteiger partial charge >= 0.3 is 5.97 Å². The van der Waals surface area contributed by atoms with Gasteiger partial charge < -0.3 is 10.4 Å². The zero-order valence-electron chi connectivity index (χ0n) is 15.1. The van der Waals surface area contributed by atoms with Crippen molar-refractivity contribution in [3.63, 3.8) is 0 Å². The molecule has 2 aliphatic rings. The van der Waals surface area contributed by atoms with Gasteiger partial charge in [0.2, 0.25) is 5.91 Å². The number of hydrogen-bond acceptors (Lipinski definition) is 4. The van der Waals surface area contributed by atoms with E-state index in [9.17, 15) is 24.3 Å². The minimum absolute atomic E-state index is 0.0311. The number of nitrogens with one attached hydrogen (secondary N) is 1. The van der Waals surface area contributed by atoms with Gasteiger partial charge in [-0.1, -0.05) is 25.0 Å². The quantitative estimate of drug-likeness (QED) is 0.713. The van der Waals surface area contributed by atoms with Crippen LogP contribution in [-0.2, 0) is 9.59 Å². The van der Waals surface area contributed by atoms with Crippen LogP contribution in [0.25, 0.3) is 0 Å². The van der Waals surface area contributed by atoms with E-state index in [2.05, 4.69) is 5.32 Å². The van der Waals surface area contributed by atoms with Gasteiger partial charge in [0.25, 0.3) is 11.8 Å². The number of benzene rings is 1. The molecule has 1 fully saturated rings. The Bertz CT molecular complexity index is 725. The molecule has 1 saturated carbocycles. The number of carbonyl (C=O) groups excluding carboxylic acids is 3. The van der Waals surface area contributed by atoms with E-state index in [0.29, 0.717) is 30.5 Å². The third-order valence-corrected chi connectivity index (χ3v) is 5.45. The van der Waals surface area contributed by atoms with Crippen LogP contribution in [0, 0.1) is 11.8 Å².